The molecule has 1 aliphatic carbocycles. The lowest BCUT2D eigenvalue weighted by Crippen LogP contribution is -1.83. The molecule has 4 rings (SSSR count). The van der Waals surface area contributed by atoms with E-state index in [9.17, 15) is 0 Å². The van der Waals surface area contributed by atoms with E-state index in [-0.39, 0.29) is 0 Å². The summed E-state index contributed by atoms with van der Waals surface area (Å²) >= 11 is 1.90. The highest BCUT2D eigenvalue weighted by molar-refractivity contribution is 7.13. The van der Waals surface area contributed by atoms with Gasteiger partial charge < -0.3 is 0 Å². The Morgan fingerprint density at radius 3 is 2.67 bits per heavy atom. The summed E-state index contributed by atoms with van der Waals surface area (Å²) in [6, 6.07) is 18.2. The van der Waals surface area contributed by atoms with E-state index < -0.39 is 0 Å². The molecule has 2 aromatic carbocycles. The van der Waals surface area contributed by atoms with Gasteiger partial charge in [-0.25, -0.2) is 0 Å². The number of unbranched alkanes of at least 4 members (excludes halogenated alkanes) is 3. The van der Waals surface area contributed by atoms with Crippen molar-refractivity contribution in [1.82, 2.24) is 0 Å². The van der Waals surface area contributed by atoms with Gasteiger partial charge in [-0.2, -0.15) is 0 Å². The number of aryl methyl sites for hydroxylation is 1. The molecule has 0 aliphatic heterocycles. The monoisotopic (exact) mass is 332 g/mol. The molecule has 1 heteroatoms. The van der Waals surface area contributed by atoms with Gasteiger partial charge >= 0.3 is 0 Å². The fourth-order valence-corrected chi connectivity index (χ4v) is 4.66. The molecule has 0 fully saturated rings. The minimum atomic E-state index is 1.08. The van der Waals surface area contributed by atoms with Crippen molar-refractivity contribution in [3.63, 3.8) is 0 Å². The molecule has 0 unspecified atom stereocenters. The third-order valence-electron chi connectivity index (χ3n) is 5.05. The highest BCUT2D eigenvalue weighted by Gasteiger charge is 2.18. The van der Waals surface area contributed by atoms with E-state index in [1.165, 1.54) is 70.4 Å². The number of rotatable bonds is 6. The first-order valence-corrected chi connectivity index (χ1v) is 10.0. The Hall–Kier alpha value is -1.86. The van der Waals surface area contributed by atoms with Crippen molar-refractivity contribution in [2.24, 2.45) is 0 Å². The van der Waals surface area contributed by atoms with Gasteiger partial charge in [-0.15, -0.1) is 11.3 Å². The molecule has 0 radical (unpaired) electrons. The molecule has 0 bridgehead atoms. The highest BCUT2D eigenvalue weighted by atomic mass is 32.1. The van der Waals surface area contributed by atoms with Crippen molar-refractivity contribution in [3.05, 3.63) is 70.6 Å². The Labute approximate surface area is 149 Å². The highest BCUT2D eigenvalue weighted by Crippen LogP contribution is 2.39. The first kappa shape index (κ1) is 15.7. The average molecular weight is 333 g/mol. The Morgan fingerprint density at radius 2 is 1.75 bits per heavy atom. The van der Waals surface area contributed by atoms with Crippen LogP contribution in [0, 0.1) is 0 Å². The molecule has 1 aliphatic rings. The van der Waals surface area contributed by atoms with Gasteiger partial charge in [0, 0.05) is 4.88 Å². The summed E-state index contributed by atoms with van der Waals surface area (Å²) in [5, 5.41) is 2.35. The van der Waals surface area contributed by atoms with Crippen LogP contribution in [0.15, 0.2) is 53.9 Å². The van der Waals surface area contributed by atoms with Gasteiger partial charge in [0.15, 0.2) is 0 Å². The minimum absolute atomic E-state index is 1.08. The number of hydrogen-bond donors (Lipinski definition) is 0. The van der Waals surface area contributed by atoms with Crippen LogP contribution >= 0.6 is 11.3 Å². The Balaban J connectivity index is 1.52. The third kappa shape index (κ3) is 3.06. The summed E-state index contributed by atoms with van der Waals surface area (Å²) in [7, 11) is 0. The maximum Gasteiger partial charge on any atom is 0.0345 e. The van der Waals surface area contributed by atoms with E-state index in [0.717, 1.165) is 6.42 Å². The lowest BCUT2D eigenvalue weighted by Gasteiger charge is -2.03. The third-order valence-corrected chi connectivity index (χ3v) is 6.08. The summed E-state index contributed by atoms with van der Waals surface area (Å²) in [6.45, 7) is 2.27. The van der Waals surface area contributed by atoms with Crippen LogP contribution in [-0.4, -0.2) is 0 Å². The second kappa shape index (κ2) is 6.94. The number of benzene rings is 2. The molecule has 122 valence electrons. The molecule has 1 heterocycles. The van der Waals surface area contributed by atoms with Gasteiger partial charge in [0.2, 0.25) is 0 Å². The van der Waals surface area contributed by atoms with E-state index in [2.05, 4.69) is 60.8 Å². The summed E-state index contributed by atoms with van der Waals surface area (Å²) in [5.74, 6) is 0. The topological polar surface area (TPSA) is 0 Å². The summed E-state index contributed by atoms with van der Waals surface area (Å²) in [4.78, 5) is 1.42. The molecule has 0 saturated heterocycles. The Morgan fingerprint density at radius 1 is 0.875 bits per heavy atom. The van der Waals surface area contributed by atoms with Crippen LogP contribution in [0.5, 0.6) is 0 Å². The van der Waals surface area contributed by atoms with Gasteiger partial charge in [-0.3, -0.25) is 0 Å². The van der Waals surface area contributed by atoms with E-state index in [4.69, 9.17) is 0 Å². The van der Waals surface area contributed by atoms with Crippen molar-refractivity contribution in [1.29, 1.82) is 0 Å². The maximum absolute atomic E-state index is 2.40. The van der Waals surface area contributed by atoms with Gasteiger partial charge in [0.05, 0.1) is 0 Å². The molecule has 0 N–H and O–H groups in total. The molecule has 3 aromatic rings. The van der Waals surface area contributed by atoms with Crippen LogP contribution in [0.3, 0.4) is 0 Å². The van der Waals surface area contributed by atoms with Crippen molar-refractivity contribution >= 4 is 11.3 Å². The van der Waals surface area contributed by atoms with Gasteiger partial charge in [0.25, 0.3) is 0 Å². The van der Waals surface area contributed by atoms with Crippen molar-refractivity contribution < 1.29 is 0 Å². The van der Waals surface area contributed by atoms with E-state index in [1.807, 2.05) is 11.3 Å². The Bertz CT molecular complexity index is 841. The van der Waals surface area contributed by atoms with Gasteiger partial charge in [-0.05, 0) is 70.2 Å². The smallest absolute Gasteiger partial charge is 0.0345 e. The predicted molar refractivity (Wildman–Crippen MR) is 106 cm³/mol. The molecule has 0 atom stereocenters. The van der Waals surface area contributed by atoms with Gasteiger partial charge in [0.1, 0.15) is 0 Å². The summed E-state index contributed by atoms with van der Waals surface area (Å²) < 4.78 is 0. The fourth-order valence-electron chi connectivity index (χ4n) is 3.71. The van der Waals surface area contributed by atoms with E-state index in [1.54, 1.807) is 0 Å². The SMILES string of the molecule is CCCCCCc1csc(-c2ccc3c(c2)Cc2ccccc2-3)c1. The molecule has 0 saturated carbocycles. The average Bonchev–Trinajstić information content (AvgIpc) is 3.22. The maximum atomic E-state index is 2.40. The van der Waals surface area contributed by atoms with Crippen LogP contribution in [0.4, 0.5) is 0 Å². The zero-order valence-electron chi connectivity index (χ0n) is 14.3. The summed E-state index contributed by atoms with van der Waals surface area (Å²) in [6.07, 6.45) is 7.67. The zero-order chi connectivity index (χ0) is 16.4. The molecular formula is C23H24S. The fraction of sp³-hybridized carbons (Fsp3) is 0.304. The van der Waals surface area contributed by atoms with Crippen molar-refractivity contribution in [2.45, 2.75) is 45.4 Å². The summed E-state index contributed by atoms with van der Waals surface area (Å²) in [5.41, 5.74) is 8.67. The van der Waals surface area contributed by atoms with Crippen LogP contribution in [-0.2, 0) is 12.8 Å². The second-order valence-corrected chi connectivity index (χ2v) is 7.75. The first-order chi connectivity index (χ1) is 11.8. The molecule has 0 amide bonds. The molecular weight excluding hydrogens is 308 g/mol. The van der Waals surface area contributed by atoms with Crippen LogP contribution < -0.4 is 0 Å². The van der Waals surface area contributed by atoms with Crippen molar-refractivity contribution in [2.75, 3.05) is 0 Å². The normalized spacial score (nSPS) is 12.2. The van der Waals surface area contributed by atoms with Crippen LogP contribution in [0.25, 0.3) is 21.6 Å². The molecule has 0 nitrogen and oxygen atoms in total. The zero-order valence-corrected chi connectivity index (χ0v) is 15.2. The largest absolute Gasteiger partial charge is 0.144 e. The lowest BCUT2D eigenvalue weighted by atomic mass is 10.0. The van der Waals surface area contributed by atoms with E-state index in [0.29, 0.717) is 0 Å². The minimum Gasteiger partial charge on any atom is -0.144 e. The lowest BCUT2D eigenvalue weighted by molar-refractivity contribution is 0.667. The number of fused-ring (bicyclic) bond motifs is 3. The number of thiophene rings is 1. The Kier molecular flexibility index (Phi) is 4.53. The standard InChI is InChI=1S/C23H24S/c1-2-3-4-5-8-17-13-23(24-16-17)19-11-12-22-20(15-19)14-18-9-6-7-10-21(18)22/h6-7,9-13,15-16H,2-5,8,14H2,1H3. The van der Waals surface area contributed by atoms with E-state index >= 15 is 0 Å². The number of hydrogen-bond acceptors (Lipinski definition) is 1. The van der Waals surface area contributed by atoms with Crippen LogP contribution in [0.1, 0.15) is 49.3 Å². The quantitative estimate of drug-likeness (QED) is 0.330. The van der Waals surface area contributed by atoms with Crippen LogP contribution in [0.2, 0.25) is 0 Å². The first-order valence-electron chi connectivity index (χ1n) is 9.14. The predicted octanol–water partition coefficient (Wildman–Crippen LogP) is 7.11. The van der Waals surface area contributed by atoms with Crippen molar-refractivity contribution in [3.8, 4) is 21.6 Å². The second-order valence-electron chi connectivity index (χ2n) is 6.84. The molecule has 24 heavy (non-hydrogen) atoms. The molecule has 0 spiro atoms. The van der Waals surface area contributed by atoms with Gasteiger partial charge in [-0.1, -0.05) is 62.6 Å². The molecule has 1 aromatic heterocycles.